The Morgan fingerprint density at radius 2 is 1.22 bits per heavy atom. The van der Waals surface area contributed by atoms with E-state index in [9.17, 15) is 20.2 Å². The molecular weight excluding hydrogens is 1100 g/mol. The Labute approximate surface area is 413 Å². The van der Waals surface area contributed by atoms with Gasteiger partial charge in [-0.3, -0.25) is 20.2 Å². The fourth-order valence-corrected chi connectivity index (χ4v) is 8.55. The number of rotatable bonds is 4. The molecule has 3 aromatic carbocycles. The molecule has 3 fully saturated rings. The van der Waals surface area contributed by atoms with E-state index in [4.69, 9.17) is 38.1 Å². The van der Waals surface area contributed by atoms with Crippen LogP contribution in [0.2, 0.25) is 5.28 Å². The van der Waals surface area contributed by atoms with Gasteiger partial charge >= 0.3 is 0 Å². The molecule has 2 unspecified atom stereocenters. The molecule has 0 bridgehead atoms. The Hall–Kier alpha value is -4.63. The number of nitro benzene ring substituents is 2. The van der Waals surface area contributed by atoms with Crippen molar-refractivity contribution in [3.8, 4) is 0 Å². The number of halogens is 4. The molecule has 7 aromatic rings. The minimum absolute atomic E-state index is 0. The number of imidazole rings is 3. The number of hydrogen-bond acceptors (Lipinski definition) is 13. The molecule has 0 aliphatic carbocycles. The van der Waals surface area contributed by atoms with Crippen molar-refractivity contribution in [1.29, 1.82) is 0 Å². The number of fused-ring (bicyclic) bond motifs is 3. The van der Waals surface area contributed by atoms with Crippen molar-refractivity contribution in [2.75, 3.05) is 32.2 Å². The van der Waals surface area contributed by atoms with Crippen LogP contribution >= 0.6 is 59.4 Å². The predicted octanol–water partition coefficient (Wildman–Crippen LogP) is 11.6. The Kier molecular flexibility index (Phi) is 20.0. The minimum Gasteiger partial charge on any atom is -0.399 e. The number of nitrogens with two attached hydrogens (primary N) is 1. The molecule has 3 aliphatic heterocycles. The summed E-state index contributed by atoms with van der Waals surface area (Å²) in [4.78, 5) is 46.3. The second-order valence-corrected chi connectivity index (χ2v) is 17.2. The standard InChI is InChI=1S/C12H12BrN3O3.C12H14BrN3O.C7H4BrN3O2.C5H2ClN3.C5H10O.Fe/c13-9-5-8(16(17)18)6-10-12(9)14-7-15(10)11-3-1-2-4-19-11;13-9-5-8(14)6-10-12(9)15-7-16(10)11-3-1-2-4-17-11;8-5-1-4(11(12)13)2-6-7(5)10-3-9-6;1-7-4-2-8-5(6)9-3-4;1-2-4-6-5-3-1;/h5-7,11H,1-4H2;5-7,11H,1-4,14H2;1-3H,(H,9,10);2-3H;1-5H2;. The molecular formula is C41H42Br3ClFeN12O7. The van der Waals surface area contributed by atoms with E-state index in [2.05, 4.69) is 87.1 Å². The van der Waals surface area contributed by atoms with Crippen LogP contribution in [-0.2, 0) is 31.3 Å². The zero-order chi connectivity index (χ0) is 45.6. The van der Waals surface area contributed by atoms with Crippen molar-refractivity contribution < 1.29 is 41.1 Å². The Morgan fingerprint density at radius 1 is 0.708 bits per heavy atom. The monoisotopic (exact) mass is 1140 g/mol. The molecule has 3 N–H and O–H groups in total. The molecule has 0 saturated carbocycles. The van der Waals surface area contributed by atoms with Crippen molar-refractivity contribution in [1.82, 2.24) is 39.0 Å². The molecule has 65 heavy (non-hydrogen) atoms. The molecule has 344 valence electrons. The van der Waals surface area contributed by atoms with E-state index < -0.39 is 9.85 Å². The number of H-pyrrole nitrogens is 1. The smallest absolute Gasteiger partial charge is 0.272 e. The zero-order valence-corrected chi connectivity index (χ0v) is 41.1. The second kappa shape index (κ2) is 25.3. The number of nitrogen functional groups attached to an aromatic ring is 1. The summed E-state index contributed by atoms with van der Waals surface area (Å²) in [5.74, 6) is 0. The molecule has 3 saturated heterocycles. The van der Waals surface area contributed by atoms with Crippen LogP contribution in [0.25, 0.3) is 37.9 Å². The first-order valence-corrected chi connectivity index (χ1v) is 22.8. The third-order valence-electron chi connectivity index (χ3n) is 9.90. The Bertz CT molecular complexity index is 2710. The third-order valence-corrected chi connectivity index (χ3v) is 11.9. The van der Waals surface area contributed by atoms with Crippen LogP contribution in [0.4, 0.5) is 22.7 Å². The molecule has 7 heterocycles. The number of hydrogen-bond donors (Lipinski definition) is 2. The molecule has 19 nitrogen and oxygen atoms in total. The van der Waals surface area contributed by atoms with Crippen molar-refractivity contribution >= 4 is 115 Å². The van der Waals surface area contributed by atoms with Crippen LogP contribution < -0.4 is 5.73 Å². The first-order chi connectivity index (χ1) is 30.9. The number of aromatic amines is 1. The number of non-ortho nitro benzene ring substituents is 2. The van der Waals surface area contributed by atoms with Gasteiger partial charge in [0.05, 0.1) is 60.9 Å². The van der Waals surface area contributed by atoms with E-state index in [1.807, 2.05) is 23.0 Å². The van der Waals surface area contributed by atoms with Gasteiger partial charge in [0.15, 0.2) is 0 Å². The van der Waals surface area contributed by atoms with Gasteiger partial charge in [-0.25, -0.2) is 29.8 Å². The van der Waals surface area contributed by atoms with Crippen LogP contribution in [0.3, 0.4) is 0 Å². The maximum absolute atomic E-state index is 10.9. The SMILES string of the molecule is C1CCOCC1.Nc1cc(Br)c2ncn(C3CCCCO3)c2c1.O=[N+]([O-])c1cc(Br)c2nc[nH]c2c1.O=[N+]([O-])c1cc(Br)c2ncn(C3CCCCO3)c2c1.[C-]#[N+]c1cnc(Cl)nc1.[Fe]. The number of anilines is 1. The van der Waals surface area contributed by atoms with E-state index >= 15 is 0 Å². The summed E-state index contributed by atoms with van der Waals surface area (Å²) < 4.78 is 22.7. The van der Waals surface area contributed by atoms with E-state index in [1.54, 1.807) is 12.4 Å². The average Bonchev–Trinajstić information content (AvgIpc) is 4.09. The van der Waals surface area contributed by atoms with E-state index in [-0.39, 0.29) is 46.2 Å². The summed E-state index contributed by atoms with van der Waals surface area (Å²) in [7, 11) is 0. The van der Waals surface area contributed by atoms with E-state index in [1.165, 1.54) is 62.6 Å². The topological polar surface area (TPSA) is 234 Å². The summed E-state index contributed by atoms with van der Waals surface area (Å²) >= 11 is 15.4. The Balaban J connectivity index is 0.000000159. The van der Waals surface area contributed by atoms with Crippen LogP contribution in [0.1, 0.15) is 70.2 Å². The molecule has 10 rings (SSSR count). The van der Waals surface area contributed by atoms with Crippen LogP contribution in [0.15, 0.2) is 81.2 Å². The normalized spacial score (nSPS) is 16.7. The van der Waals surface area contributed by atoms with Crippen molar-refractivity contribution in [3.05, 3.63) is 118 Å². The summed E-state index contributed by atoms with van der Waals surface area (Å²) in [5.41, 5.74) is 11.9. The first kappa shape index (κ1) is 51.4. The van der Waals surface area contributed by atoms with Crippen molar-refractivity contribution in [2.45, 2.75) is 70.2 Å². The van der Waals surface area contributed by atoms with Crippen molar-refractivity contribution in [2.24, 2.45) is 0 Å². The summed E-state index contributed by atoms with van der Waals surface area (Å²) in [6.45, 7) is 10.1. The van der Waals surface area contributed by atoms with Gasteiger partial charge in [-0.05, 0) is 129 Å². The van der Waals surface area contributed by atoms with Crippen LogP contribution in [0.5, 0.6) is 0 Å². The quantitative estimate of drug-likeness (QED) is 0.0417. The van der Waals surface area contributed by atoms with Gasteiger partial charge in [0.25, 0.3) is 11.4 Å². The van der Waals surface area contributed by atoms with Gasteiger partial charge in [-0.15, -0.1) is 0 Å². The molecule has 0 amide bonds. The van der Waals surface area contributed by atoms with E-state index in [0.29, 0.717) is 25.7 Å². The maximum atomic E-state index is 10.9. The van der Waals surface area contributed by atoms with Gasteiger partial charge in [-0.2, -0.15) is 0 Å². The minimum atomic E-state index is -0.439. The molecule has 0 spiro atoms. The number of aromatic nitrogens is 8. The Morgan fingerprint density at radius 3 is 1.69 bits per heavy atom. The number of benzene rings is 3. The van der Waals surface area contributed by atoms with Gasteiger partial charge in [0, 0.05) is 90.3 Å². The van der Waals surface area contributed by atoms with E-state index in [0.717, 1.165) is 90.8 Å². The molecule has 2 atom stereocenters. The fraction of sp³-hybridized carbons (Fsp3) is 0.366. The molecule has 4 aromatic heterocycles. The largest absolute Gasteiger partial charge is 0.399 e. The fourth-order valence-electron chi connectivity index (χ4n) is 6.79. The van der Waals surface area contributed by atoms with Gasteiger partial charge in [-0.1, -0.05) is 0 Å². The van der Waals surface area contributed by atoms with Gasteiger partial charge in [0.2, 0.25) is 11.0 Å². The van der Waals surface area contributed by atoms with Crippen LogP contribution in [-0.4, -0.2) is 75.3 Å². The average molecular weight is 1150 g/mol. The summed E-state index contributed by atoms with van der Waals surface area (Å²) in [5, 5.41) is 21.6. The summed E-state index contributed by atoms with van der Waals surface area (Å²) in [6.07, 6.45) is 18.2. The van der Waals surface area contributed by atoms with Crippen LogP contribution in [0, 0.1) is 26.8 Å². The summed E-state index contributed by atoms with van der Waals surface area (Å²) in [6, 6.07) is 9.73. The number of nitro groups is 2. The third kappa shape index (κ3) is 14.2. The molecule has 0 radical (unpaired) electrons. The molecule has 3 aliphatic rings. The first-order valence-electron chi connectivity index (χ1n) is 20.1. The van der Waals surface area contributed by atoms with Crippen molar-refractivity contribution in [3.63, 3.8) is 0 Å². The number of nitrogens with zero attached hydrogens (tertiary/aromatic N) is 10. The van der Waals surface area contributed by atoms with Gasteiger partial charge < -0.3 is 34.1 Å². The zero-order valence-electron chi connectivity index (χ0n) is 34.5. The van der Waals surface area contributed by atoms with Gasteiger partial charge in [0.1, 0.15) is 29.0 Å². The number of nitrogens with one attached hydrogen (secondary N) is 1. The molecule has 24 heteroatoms. The number of ether oxygens (including phenoxy) is 3. The predicted molar refractivity (Wildman–Crippen MR) is 252 cm³/mol. The second-order valence-electron chi connectivity index (χ2n) is 14.3. The maximum Gasteiger partial charge on any atom is 0.272 e.